The van der Waals surface area contributed by atoms with Crippen molar-refractivity contribution in [2.75, 3.05) is 0 Å². The number of aromatic nitrogens is 2. The van der Waals surface area contributed by atoms with Crippen LogP contribution in [0.25, 0.3) is 22.2 Å². The highest BCUT2D eigenvalue weighted by Gasteiger charge is 2.13. The maximum Gasteiger partial charge on any atom is 0.270 e. The highest BCUT2D eigenvalue weighted by molar-refractivity contribution is 7.13. The highest BCUT2D eigenvalue weighted by Crippen LogP contribution is 2.28. The minimum Gasteiger partial charge on any atom is -0.415 e. The van der Waals surface area contributed by atoms with Crippen molar-refractivity contribution in [3.8, 4) is 22.2 Å². The SMILES string of the molecule is O=[N+]([O-])c1cccc(-c2nnc(-c3cccs3)o2)c1. The molecule has 0 aliphatic carbocycles. The third kappa shape index (κ3) is 2.23. The van der Waals surface area contributed by atoms with Crippen LogP contribution in [0.4, 0.5) is 5.69 Å². The smallest absolute Gasteiger partial charge is 0.270 e. The zero-order valence-corrected chi connectivity index (χ0v) is 10.3. The molecular weight excluding hydrogens is 266 g/mol. The molecule has 0 amide bonds. The monoisotopic (exact) mass is 273 g/mol. The van der Waals surface area contributed by atoms with Crippen molar-refractivity contribution in [3.63, 3.8) is 0 Å². The van der Waals surface area contributed by atoms with Crippen molar-refractivity contribution >= 4 is 17.0 Å². The molecule has 6 nitrogen and oxygen atoms in total. The summed E-state index contributed by atoms with van der Waals surface area (Å²) >= 11 is 1.49. The first-order valence-corrected chi connectivity index (χ1v) is 6.24. The van der Waals surface area contributed by atoms with E-state index >= 15 is 0 Å². The van der Waals surface area contributed by atoms with Crippen molar-refractivity contribution in [2.45, 2.75) is 0 Å². The van der Waals surface area contributed by atoms with Gasteiger partial charge in [0.05, 0.1) is 9.80 Å². The van der Waals surface area contributed by atoms with E-state index in [1.165, 1.54) is 23.5 Å². The van der Waals surface area contributed by atoms with Crippen LogP contribution in [-0.4, -0.2) is 15.1 Å². The molecule has 19 heavy (non-hydrogen) atoms. The molecule has 0 aliphatic heterocycles. The van der Waals surface area contributed by atoms with E-state index in [0.29, 0.717) is 11.5 Å². The van der Waals surface area contributed by atoms with E-state index < -0.39 is 4.92 Å². The lowest BCUT2D eigenvalue weighted by atomic mass is 10.2. The fourth-order valence-corrected chi connectivity index (χ4v) is 2.24. The second-order valence-corrected chi connectivity index (χ2v) is 4.64. The van der Waals surface area contributed by atoms with Gasteiger partial charge in [0, 0.05) is 17.7 Å². The van der Waals surface area contributed by atoms with E-state index in [4.69, 9.17) is 4.42 Å². The average molecular weight is 273 g/mol. The number of nitro benzene ring substituents is 1. The quantitative estimate of drug-likeness (QED) is 0.539. The number of non-ortho nitro benzene ring substituents is 1. The molecule has 0 N–H and O–H groups in total. The summed E-state index contributed by atoms with van der Waals surface area (Å²) in [7, 11) is 0. The van der Waals surface area contributed by atoms with Crippen LogP contribution in [0.5, 0.6) is 0 Å². The minimum absolute atomic E-state index is 0.00614. The molecule has 0 radical (unpaired) electrons. The second-order valence-electron chi connectivity index (χ2n) is 3.70. The summed E-state index contributed by atoms with van der Waals surface area (Å²) < 4.78 is 5.51. The van der Waals surface area contributed by atoms with Gasteiger partial charge >= 0.3 is 0 Å². The Morgan fingerprint density at radius 2 is 2.00 bits per heavy atom. The van der Waals surface area contributed by atoms with Crippen LogP contribution in [0, 0.1) is 10.1 Å². The van der Waals surface area contributed by atoms with Gasteiger partial charge in [0.2, 0.25) is 5.89 Å². The van der Waals surface area contributed by atoms with Gasteiger partial charge in [-0.15, -0.1) is 21.5 Å². The van der Waals surface area contributed by atoms with E-state index in [1.54, 1.807) is 12.1 Å². The number of nitro groups is 1. The number of benzene rings is 1. The first kappa shape index (κ1) is 11.5. The average Bonchev–Trinajstić information content (AvgIpc) is 3.09. The minimum atomic E-state index is -0.458. The molecule has 0 fully saturated rings. The fourth-order valence-electron chi connectivity index (χ4n) is 1.59. The topological polar surface area (TPSA) is 82.1 Å². The predicted molar refractivity (Wildman–Crippen MR) is 69.7 cm³/mol. The molecule has 3 aromatic rings. The molecule has 3 rings (SSSR count). The molecule has 7 heteroatoms. The molecule has 0 saturated carbocycles. The van der Waals surface area contributed by atoms with Gasteiger partial charge in [0.1, 0.15) is 0 Å². The summed E-state index contributed by atoms with van der Waals surface area (Å²) in [5, 5.41) is 20.5. The van der Waals surface area contributed by atoms with Gasteiger partial charge in [-0.1, -0.05) is 12.1 Å². The lowest BCUT2D eigenvalue weighted by Crippen LogP contribution is -1.88. The third-order valence-electron chi connectivity index (χ3n) is 2.46. The van der Waals surface area contributed by atoms with Gasteiger partial charge in [0.15, 0.2) is 0 Å². The van der Waals surface area contributed by atoms with Crippen molar-refractivity contribution in [1.82, 2.24) is 10.2 Å². The van der Waals surface area contributed by atoms with Crippen LogP contribution in [0.2, 0.25) is 0 Å². The Kier molecular flexibility index (Phi) is 2.81. The number of thiophene rings is 1. The fraction of sp³-hybridized carbons (Fsp3) is 0. The molecule has 2 aromatic heterocycles. The van der Waals surface area contributed by atoms with E-state index in [2.05, 4.69) is 10.2 Å². The molecule has 0 saturated heterocycles. The zero-order valence-electron chi connectivity index (χ0n) is 9.52. The predicted octanol–water partition coefficient (Wildman–Crippen LogP) is 3.37. The van der Waals surface area contributed by atoms with Gasteiger partial charge in [-0.05, 0) is 17.5 Å². The Morgan fingerprint density at radius 1 is 1.16 bits per heavy atom. The summed E-state index contributed by atoms with van der Waals surface area (Å²) in [4.78, 5) is 11.1. The molecule has 0 atom stereocenters. The van der Waals surface area contributed by atoms with Crippen LogP contribution in [0.3, 0.4) is 0 Å². The summed E-state index contributed by atoms with van der Waals surface area (Å²) in [6, 6.07) is 9.86. The Labute approximate surface area is 111 Å². The molecule has 0 bridgehead atoms. The van der Waals surface area contributed by atoms with Gasteiger partial charge in [0.25, 0.3) is 11.6 Å². The van der Waals surface area contributed by atoms with E-state index in [9.17, 15) is 10.1 Å². The van der Waals surface area contributed by atoms with E-state index in [1.807, 2.05) is 17.5 Å². The molecule has 0 aliphatic rings. The van der Waals surface area contributed by atoms with Gasteiger partial charge < -0.3 is 4.42 Å². The molecular formula is C12H7N3O3S. The van der Waals surface area contributed by atoms with Crippen molar-refractivity contribution in [3.05, 3.63) is 51.9 Å². The lowest BCUT2D eigenvalue weighted by molar-refractivity contribution is -0.384. The van der Waals surface area contributed by atoms with Crippen LogP contribution in [0.1, 0.15) is 0 Å². The van der Waals surface area contributed by atoms with Gasteiger partial charge in [-0.25, -0.2) is 0 Å². The Morgan fingerprint density at radius 3 is 2.74 bits per heavy atom. The molecule has 0 unspecified atom stereocenters. The van der Waals surface area contributed by atoms with Crippen molar-refractivity contribution in [2.24, 2.45) is 0 Å². The summed E-state index contributed by atoms with van der Waals surface area (Å²) in [5.41, 5.74) is 0.526. The van der Waals surface area contributed by atoms with Crippen LogP contribution < -0.4 is 0 Å². The third-order valence-corrected chi connectivity index (χ3v) is 3.32. The first-order valence-electron chi connectivity index (χ1n) is 5.36. The normalized spacial score (nSPS) is 10.5. The second kappa shape index (κ2) is 4.62. The molecule has 2 heterocycles. The van der Waals surface area contributed by atoms with Crippen LogP contribution in [-0.2, 0) is 0 Å². The van der Waals surface area contributed by atoms with E-state index in [-0.39, 0.29) is 11.6 Å². The molecule has 0 spiro atoms. The Balaban J connectivity index is 1.99. The number of hydrogen-bond donors (Lipinski definition) is 0. The molecule has 94 valence electrons. The van der Waals surface area contributed by atoms with E-state index in [0.717, 1.165) is 4.88 Å². The lowest BCUT2D eigenvalue weighted by Gasteiger charge is -1.94. The maximum atomic E-state index is 10.7. The summed E-state index contributed by atoms with van der Waals surface area (Å²) in [6.07, 6.45) is 0. The van der Waals surface area contributed by atoms with Crippen LogP contribution >= 0.6 is 11.3 Å². The summed E-state index contributed by atoms with van der Waals surface area (Å²) in [6.45, 7) is 0. The Hall–Kier alpha value is -2.54. The largest absolute Gasteiger partial charge is 0.415 e. The van der Waals surface area contributed by atoms with Gasteiger partial charge in [-0.2, -0.15) is 0 Å². The zero-order chi connectivity index (χ0) is 13.2. The Bertz CT molecular complexity index is 721. The number of hydrogen-bond acceptors (Lipinski definition) is 6. The van der Waals surface area contributed by atoms with Crippen LogP contribution in [0.15, 0.2) is 46.2 Å². The first-order chi connectivity index (χ1) is 9.24. The number of nitrogens with zero attached hydrogens (tertiary/aromatic N) is 3. The van der Waals surface area contributed by atoms with Crippen molar-refractivity contribution < 1.29 is 9.34 Å². The number of rotatable bonds is 3. The van der Waals surface area contributed by atoms with Crippen molar-refractivity contribution in [1.29, 1.82) is 0 Å². The van der Waals surface area contributed by atoms with Gasteiger partial charge in [-0.3, -0.25) is 10.1 Å². The molecule has 1 aromatic carbocycles. The standard InChI is InChI=1S/C12H7N3O3S/c16-15(17)9-4-1-3-8(7-9)11-13-14-12(18-11)10-5-2-6-19-10/h1-7H. The maximum absolute atomic E-state index is 10.7. The highest BCUT2D eigenvalue weighted by atomic mass is 32.1. The summed E-state index contributed by atoms with van der Waals surface area (Å²) in [5.74, 6) is 0.684.